The predicted molar refractivity (Wildman–Crippen MR) is 53.9 cm³/mol. The Kier molecular flexibility index (Phi) is 2.58. The van der Waals surface area contributed by atoms with Crippen molar-refractivity contribution in [3.05, 3.63) is 28.8 Å². The molecular formula is C9H12F2NP. The van der Waals surface area contributed by atoms with Gasteiger partial charge in [0.15, 0.2) is 0 Å². The Morgan fingerprint density at radius 1 is 1.31 bits per heavy atom. The summed E-state index contributed by atoms with van der Waals surface area (Å²) in [4.78, 5) is 0. The highest BCUT2D eigenvalue weighted by molar-refractivity contribution is 7.17. The lowest BCUT2D eigenvalue weighted by Crippen LogP contribution is -2.08. The highest BCUT2D eigenvalue weighted by Gasteiger charge is 2.27. The molecule has 1 aromatic carbocycles. The van der Waals surface area contributed by atoms with Gasteiger partial charge in [0.1, 0.15) is 0 Å². The van der Waals surface area contributed by atoms with Crippen molar-refractivity contribution in [2.75, 3.05) is 5.73 Å². The molecule has 72 valence electrons. The van der Waals surface area contributed by atoms with E-state index in [9.17, 15) is 8.78 Å². The largest absolute Gasteiger partial charge is 0.398 e. The maximum absolute atomic E-state index is 13.0. The zero-order chi connectivity index (χ0) is 10.2. The zero-order valence-electron chi connectivity index (χ0n) is 7.57. The monoisotopic (exact) mass is 203 g/mol. The lowest BCUT2D eigenvalue weighted by atomic mass is 10.0. The van der Waals surface area contributed by atoms with E-state index < -0.39 is 5.66 Å². The molecule has 1 unspecified atom stereocenters. The maximum atomic E-state index is 13.0. The van der Waals surface area contributed by atoms with Crippen LogP contribution in [0, 0.1) is 13.8 Å². The molecule has 0 aromatic heterocycles. The van der Waals surface area contributed by atoms with Crippen molar-refractivity contribution in [1.82, 2.24) is 0 Å². The van der Waals surface area contributed by atoms with Crippen LogP contribution in [0.5, 0.6) is 0 Å². The standard InChI is InChI=1S/C9H12F2NP/c1-5-3-6(2)8(12)7(4-5)9(10,11)13/h3-4H,12-13H2,1-2H3. The molecule has 13 heavy (non-hydrogen) atoms. The Morgan fingerprint density at radius 2 is 1.85 bits per heavy atom. The summed E-state index contributed by atoms with van der Waals surface area (Å²) in [6.07, 6.45) is 0. The molecule has 0 amide bonds. The van der Waals surface area contributed by atoms with Gasteiger partial charge in [-0.15, -0.1) is 0 Å². The summed E-state index contributed by atoms with van der Waals surface area (Å²) in [5, 5.41) is 0. The third-order valence-corrected chi connectivity index (χ3v) is 2.20. The molecule has 0 radical (unpaired) electrons. The van der Waals surface area contributed by atoms with Gasteiger partial charge in [0.05, 0.1) is 0 Å². The molecule has 0 saturated heterocycles. The van der Waals surface area contributed by atoms with Crippen LogP contribution in [0.2, 0.25) is 0 Å². The Labute approximate surface area is 78.5 Å². The molecule has 0 spiro atoms. The smallest absolute Gasteiger partial charge is 0.285 e. The zero-order valence-corrected chi connectivity index (χ0v) is 8.72. The fourth-order valence-electron chi connectivity index (χ4n) is 1.25. The summed E-state index contributed by atoms with van der Waals surface area (Å²) in [6.45, 7) is 3.49. The second kappa shape index (κ2) is 3.22. The first kappa shape index (κ1) is 10.4. The van der Waals surface area contributed by atoms with Gasteiger partial charge in [-0.25, -0.2) is 0 Å². The van der Waals surface area contributed by atoms with E-state index in [4.69, 9.17) is 5.73 Å². The van der Waals surface area contributed by atoms with E-state index >= 15 is 0 Å². The number of nitrogen functional groups attached to an aromatic ring is 1. The minimum atomic E-state index is -2.94. The number of halogens is 2. The molecule has 1 nitrogen and oxygen atoms in total. The van der Waals surface area contributed by atoms with E-state index in [1.54, 1.807) is 19.9 Å². The minimum Gasteiger partial charge on any atom is -0.398 e. The number of anilines is 1. The first-order valence-electron chi connectivity index (χ1n) is 3.86. The number of hydrogen-bond acceptors (Lipinski definition) is 1. The average molecular weight is 203 g/mol. The number of hydrogen-bond donors (Lipinski definition) is 1. The van der Waals surface area contributed by atoms with E-state index in [2.05, 4.69) is 0 Å². The van der Waals surface area contributed by atoms with Crippen LogP contribution in [0.25, 0.3) is 0 Å². The molecule has 4 heteroatoms. The Bertz CT molecular complexity index is 331. The van der Waals surface area contributed by atoms with Crippen LogP contribution >= 0.6 is 9.24 Å². The molecule has 0 aliphatic carbocycles. The van der Waals surface area contributed by atoms with E-state index in [0.29, 0.717) is 5.56 Å². The number of alkyl halides is 2. The Balaban J connectivity index is 3.37. The molecule has 1 rings (SSSR count). The van der Waals surface area contributed by atoms with Crippen molar-refractivity contribution in [2.45, 2.75) is 19.5 Å². The number of aryl methyl sites for hydroxylation is 2. The van der Waals surface area contributed by atoms with Crippen molar-refractivity contribution in [1.29, 1.82) is 0 Å². The van der Waals surface area contributed by atoms with Gasteiger partial charge in [0, 0.05) is 11.3 Å². The maximum Gasteiger partial charge on any atom is 0.285 e. The summed E-state index contributed by atoms with van der Waals surface area (Å²) in [5.41, 5.74) is 4.14. The minimum absolute atomic E-state index is 0.116. The van der Waals surface area contributed by atoms with Crippen LogP contribution in [0.1, 0.15) is 16.7 Å². The SMILES string of the molecule is Cc1cc(C)c(N)c(C(F)(F)P)c1. The number of benzene rings is 1. The van der Waals surface area contributed by atoms with E-state index in [0.717, 1.165) is 5.56 Å². The van der Waals surface area contributed by atoms with Crippen molar-refractivity contribution in [3.63, 3.8) is 0 Å². The number of nitrogens with two attached hydrogens (primary N) is 1. The summed E-state index contributed by atoms with van der Waals surface area (Å²) >= 11 is 0. The van der Waals surface area contributed by atoms with Crippen molar-refractivity contribution < 1.29 is 8.78 Å². The second-order valence-electron chi connectivity index (χ2n) is 3.17. The number of rotatable bonds is 1. The first-order chi connectivity index (χ1) is 5.82. The lowest BCUT2D eigenvalue weighted by molar-refractivity contribution is 0.105. The summed E-state index contributed by atoms with van der Waals surface area (Å²) in [6, 6.07) is 3.20. The third-order valence-electron chi connectivity index (χ3n) is 1.89. The van der Waals surface area contributed by atoms with Gasteiger partial charge in [-0.1, -0.05) is 20.9 Å². The van der Waals surface area contributed by atoms with Crippen LogP contribution in [-0.2, 0) is 5.66 Å². The fourth-order valence-corrected chi connectivity index (χ4v) is 1.49. The Hall–Kier alpha value is -0.690. The van der Waals surface area contributed by atoms with Gasteiger partial charge in [0.25, 0.3) is 5.66 Å². The van der Waals surface area contributed by atoms with Crippen molar-refractivity contribution >= 4 is 14.9 Å². The van der Waals surface area contributed by atoms with E-state index in [1.165, 1.54) is 15.3 Å². The van der Waals surface area contributed by atoms with Gasteiger partial charge >= 0.3 is 0 Å². The summed E-state index contributed by atoms with van der Waals surface area (Å²) < 4.78 is 25.9. The van der Waals surface area contributed by atoms with Crippen LogP contribution in [0.3, 0.4) is 0 Å². The van der Waals surface area contributed by atoms with Crippen molar-refractivity contribution in [3.8, 4) is 0 Å². The quantitative estimate of drug-likeness (QED) is 0.551. The fraction of sp³-hybridized carbons (Fsp3) is 0.333. The second-order valence-corrected chi connectivity index (χ2v) is 3.89. The van der Waals surface area contributed by atoms with Crippen LogP contribution in [0.15, 0.2) is 12.1 Å². The van der Waals surface area contributed by atoms with Crippen LogP contribution in [-0.4, -0.2) is 0 Å². The van der Waals surface area contributed by atoms with Gasteiger partial charge in [-0.2, -0.15) is 8.78 Å². The predicted octanol–water partition coefficient (Wildman–Crippen LogP) is 2.81. The molecule has 1 atom stereocenters. The Morgan fingerprint density at radius 3 is 2.31 bits per heavy atom. The van der Waals surface area contributed by atoms with Crippen molar-refractivity contribution in [2.24, 2.45) is 0 Å². The van der Waals surface area contributed by atoms with E-state index in [1.807, 2.05) is 0 Å². The van der Waals surface area contributed by atoms with E-state index in [-0.39, 0.29) is 11.3 Å². The molecule has 0 aliphatic rings. The molecular weight excluding hydrogens is 191 g/mol. The molecule has 1 aromatic rings. The van der Waals surface area contributed by atoms with Gasteiger partial charge in [0.2, 0.25) is 0 Å². The summed E-state index contributed by atoms with van der Waals surface area (Å²) in [5.74, 6) is 0. The topological polar surface area (TPSA) is 26.0 Å². The van der Waals surface area contributed by atoms with Gasteiger partial charge < -0.3 is 5.73 Å². The highest BCUT2D eigenvalue weighted by atomic mass is 31.0. The lowest BCUT2D eigenvalue weighted by Gasteiger charge is -2.15. The van der Waals surface area contributed by atoms with Gasteiger partial charge in [-0.05, 0) is 25.5 Å². The van der Waals surface area contributed by atoms with Gasteiger partial charge in [-0.3, -0.25) is 0 Å². The molecule has 0 saturated carbocycles. The van der Waals surface area contributed by atoms with Crippen LogP contribution < -0.4 is 5.73 Å². The first-order valence-corrected chi connectivity index (χ1v) is 4.44. The molecule has 2 N–H and O–H groups in total. The molecule has 0 bridgehead atoms. The normalized spacial score (nSPS) is 11.8. The molecule has 0 aliphatic heterocycles. The average Bonchev–Trinajstić information content (AvgIpc) is 1.94. The molecule has 0 fully saturated rings. The molecule has 0 heterocycles. The highest BCUT2D eigenvalue weighted by Crippen LogP contribution is 2.39. The summed E-state index contributed by atoms with van der Waals surface area (Å²) in [7, 11) is 1.50. The third kappa shape index (κ3) is 2.16. The van der Waals surface area contributed by atoms with Crippen LogP contribution in [0.4, 0.5) is 14.5 Å².